The Morgan fingerprint density at radius 2 is 1.63 bits per heavy atom. The number of carbonyl (C=O) groups is 1. The van der Waals surface area contributed by atoms with E-state index in [9.17, 15) is 15.0 Å². The van der Waals surface area contributed by atoms with Gasteiger partial charge in [-0.1, -0.05) is 13.3 Å². The van der Waals surface area contributed by atoms with Gasteiger partial charge in [-0.25, -0.2) is 0 Å². The van der Waals surface area contributed by atoms with Crippen LogP contribution in [0.3, 0.4) is 0 Å². The molecule has 0 aromatic rings. The average Bonchev–Trinajstić information content (AvgIpc) is 2.31. The molecule has 19 heavy (non-hydrogen) atoms. The molecule has 0 amide bonds. The molecule has 0 aromatic carbocycles. The van der Waals surface area contributed by atoms with E-state index in [2.05, 4.69) is 9.64 Å². The van der Waals surface area contributed by atoms with E-state index in [0.29, 0.717) is 13.1 Å². The Morgan fingerprint density at radius 3 is 2.05 bits per heavy atom. The third kappa shape index (κ3) is 9.87. The van der Waals surface area contributed by atoms with Gasteiger partial charge in [0.15, 0.2) is 0 Å². The van der Waals surface area contributed by atoms with Gasteiger partial charge in [-0.2, -0.15) is 0 Å². The highest BCUT2D eigenvalue weighted by atomic mass is 16.5. The smallest absolute Gasteiger partial charge is 0.308 e. The van der Waals surface area contributed by atoms with Gasteiger partial charge in [0.05, 0.1) is 25.2 Å². The highest BCUT2D eigenvalue weighted by molar-refractivity contribution is 5.71. The minimum Gasteiger partial charge on any atom is -0.469 e. The number of methoxy groups -OCH3 is 1. The number of ether oxygens (including phenoxy) is 1. The number of aliphatic hydroxyl groups excluding tert-OH is 2. The molecule has 2 N–H and O–H groups in total. The van der Waals surface area contributed by atoms with Crippen LogP contribution >= 0.6 is 0 Å². The molecule has 3 atom stereocenters. The average molecular weight is 275 g/mol. The number of rotatable bonds is 10. The van der Waals surface area contributed by atoms with Crippen LogP contribution in [0, 0.1) is 5.92 Å². The normalized spacial score (nSPS) is 16.2. The van der Waals surface area contributed by atoms with Gasteiger partial charge in [0.25, 0.3) is 0 Å². The summed E-state index contributed by atoms with van der Waals surface area (Å²) in [7, 11) is 1.41. The standard InChI is InChI=1S/C14H29NO4/c1-11(14(18)19-4)7-5-6-8-15(9-12(2)16)10-13(3)17/h11-13,16-17H,5-10H2,1-4H3/t11-,12-,13-/m0/s1. The Kier molecular flexibility index (Phi) is 9.83. The zero-order chi connectivity index (χ0) is 14.8. The third-order valence-electron chi connectivity index (χ3n) is 3.01. The molecule has 5 nitrogen and oxygen atoms in total. The maximum absolute atomic E-state index is 11.2. The van der Waals surface area contributed by atoms with Crippen molar-refractivity contribution in [1.29, 1.82) is 0 Å². The van der Waals surface area contributed by atoms with E-state index >= 15 is 0 Å². The topological polar surface area (TPSA) is 70.0 Å². The van der Waals surface area contributed by atoms with E-state index in [1.807, 2.05) is 6.92 Å². The molecule has 0 bridgehead atoms. The molecular weight excluding hydrogens is 246 g/mol. The minimum atomic E-state index is -0.396. The van der Waals surface area contributed by atoms with Gasteiger partial charge >= 0.3 is 5.97 Å². The lowest BCUT2D eigenvalue weighted by Crippen LogP contribution is -2.37. The largest absolute Gasteiger partial charge is 0.469 e. The SMILES string of the molecule is COC(=O)[C@@H](C)CCCCN(C[C@H](C)O)C[C@H](C)O. The van der Waals surface area contributed by atoms with E-state index in [-0.39, 0.29) is 11.9 Å². The summed E-state index contributed by atoms with van der Waals surface area (Å²) in [6.07, 6.45) is 1.90. The van der Waals surface area contributed by atoms with Crippen LogP contribution in [0.15, 0.2) is 0 Å². The van der Waals surface area contributed by atoms with Crippen molar-refractivity contribution in [2.24, 2.45) is 5.92 Å². The molecule has 0 saturated carbocycles. The lowest BCUT2D eigenvalue weighted by molar-refractivity contribution is -0.145. The van der Waals surface area contributed by atoms with Gasteiger partial charge in [-0.3, -0.25) is 9.69 Å². The van der Waals surface area contributed by atoms with Crippen LogP contribution in [0.2, 0.25) is 0 Å². The van der Waals surface area contributed by atoms with Gasteiger partial charge in [0, 0.05) is 13.1 Å². The molecule has 114 valence electrons. The Hall–Kier alpha value is -0.650. The quantitative estimate of drug-likeness (QED) is 0.460. The van der Waals surface area contributed by atoms with Crippen LogP contribution in [-0.2, 0) is 9.53 Å². The number of esters is 1. The first kappa shape index (κ1) is 18.4. The van der Waals surface area contributed by atoms with E-state index in [1.165, 1.54) is 7.11 Å². The Morgan fingerprint density at radius 1 is 1.11 bits per heavy atom. The van der Waals surface area contributed by atoms with Crippen molar-refractivity contribution in [3.63, 3.8) is 0 Å². The summed E-state index contributed by atoms with van der Waals surface area (Å²) in [5.41, 5.74) is 0. The van der Waals surface area contributed by atoms with Crippen LogP contribution in [-0.4, -0.2) is 60.0 Å². The number of nitrogens with zero attached hydrogens (tertiary/aromatic N) is 1. The zero-order valence-corrected chi connectivity index (χ0v) is 12.6. The lowest BCUT2D eigenvalue weighted by atomic mass is 10.0. The van der Waals surface area contributed by atoms with Gasteiger partial charge in [-0.15, -0.1) is 0 Å². The van der Waals surface area contributed by atoms with Gasteiger partial charge < -0.3 is 14.9 Å². The molecular formula is C14H29NO4. The molecule has 0 rings (SSSR count). The minimum absolute atomic E-state index is 0.0630. The predicted octanol–water partition coefficient (Wildman–Crippen LogP) is 1.03. The molecule has 5 heteroatoms. The fraction of sp³-hybridized carbons (Fsp3) is 0.929. The summed E-state index contributed by atoms with van der Waals surface area (Å²) in [6, 6.07) is 0. The first-order chi connectivity index (χ1) is 8.86. The molecule has 0 spiro atoms. The van der Waals surface area contributed by atoms with Gasteiger partial charge in [0.2, 0.25) is 0 Å². The Bertz CT molecular complexity index is 234. The van der Waals surface area contributed by atoms with E-state index in [1.54, 1.807) is 13.8 Å². The Labute approximate surface area is 116 Å². The summed E-state index contributed by atoms with van der Waals surface area (Å²) >= 11 is 0. The second-order valence-corrected chi connectivity index (χ2v) is 5.38. The van der Waals surface area contributed by atoms with Crippen molar-refractivity contribution in [3.8, 4) is 0 Å². The number of hydrogen-bond acceptors (Lipinski definition) is 5. The molecule has 0 fully saturated rings. The maximum atomic E-state index is 11.2. The van der Waals surface area contributed by atoms with Crippen LogP contribution in [0.1, 0.15) is 40.0 Å². The van der Waals surface area contributed by atoms with Crippen molar-refractivity contribution in [1.82, 2.24) is 4.90 Å². The molecule has 0 saturated heterocycles. The van der Waals surface area contributed by atoms with Gasteiger partial charge in [0.1, 0.15) is 0 Å². The lowest BCUT2D eigenvalue weighted by Gasteiger charge is -2.25. The number of unbranched alkanes of at least 4 members (excludes halogenated alkanes) is 1. The van der Waals surface area contributed by atoms with E-state index < -0.39 is 12.2 Å². The highest BCUT2D eigenvalue weighted by Gasteiger charge is 2.14. The summed E-state index contributed by atoms with van der Waals surface area (Å²) < 4.78 is 4.68. The Balaban J connectivity index is 3.88. The number of hydrogen-bond donors (Lipinski definition) is 2. The third-order valence-corrected chi connectivity index (χ3v) is 3.01. The molecule has 0 aliphatic rings. The summed E-state index contributed by atoms with van der Waals surface area (Å²) in [4.78, 5) is 13.3. The molecule has 0 aliphatic carbocycles. The van der Waals surface area contributed by atoms with Gasteiger partial charge in [-0.05, 0) is 33.2 Å². The van der Waals surface area contributed by atoms with Crippen LogP contribution in [0.25, 0.3) is 0 Å². The van der Waals surface area contributed by atoms with Crippen molar-refractivity contribution >= 4 is 5.97 Å². The van der Waals surface area contributed by atoms with E-state index in [0.717, 1.165) is 25.8 Å². The molecule has 0 heterocycles. The molecule has 0 unspecified atom stereocenters. The van der Waals surface area contributed by atoms with Crippen molar-refractivity contribution in [2.45, 2.75) is 52.2 Å². The summed E-state index contributed by atoms with van der Waals surface area (Å²) in [5, 5.41) is 18.8. The fourth-order valence-electron chi connectivity index (χ4n) is 2.11. The molecule has 0 aromatic heterocycles. The summed E-state index contributed by atoms with van der Waals surface area (Å²) in [5.74, 6) is -0.225. The first-order valence-corrected chi connectivity index (χ1v) is 7.03. The fourth-order valence-corrected chi connectivity index (χ4v) is 2.11. The molecule has 0 radical (unpaired) electrons. The highest BCUT2D eigenvalue weighted by Crippen LogP contribution is 2.10. The van der Waals surface area contributed by atoms with Crippen LogP contribution in [0.4, 0.5) is 0 Å². The summed E-state index contributed by atoms with van der Waals surface area (Å²) in [6.45, 7) is 7.32. The second-order valence-electron chi connectivity index (χ2n) is 5.38. The first-order valence-electron chi connectivity index (χ1n) is 7.03. The second kappa shape index (κ2) is 10.2. The predicted molar refractivity (Wildman–Crippen MR) is 74.8 cm³/mol. The zero-order valence-electron chi connectivity index (χ0n) is 12.6. The molecule has 0 aliphatic heterocycles. The van der Waals surface area contributed by atoms with Crippen molar-refractivity contribution in [3.05, 3.63) is 0 Å². The number of carbonyl (C=O) groups excluding carboxylic acids is 1. The van der Waals surface area contributed by atoms with Crippen LogP contribution < -0.4 is 0 Å². The van der Waals surface area contributed by atoms with Crippen LogP contribution in [0.5, 0.6) is 0 Å². The monoisotopic (exact) mass is 275 g/mol. The number of aliphatic hydroxyl groups is 2. The van der Waals surface area contributed by atoms with E-state index in [4.69, 9.17) is 0 Å². The van der Waals surface area contributed by atoms with Crippen molar-refractivity contribution < 1.29 is 19.7 Å². The van der Waals surface area contributed by atoms with Crippen molar-refractivity contribution in [2.75, 3.05) is 26.7 Å². The maximum Gasteiger partial charge on any atom is 0.308 e.